The van der Waals surface area contributed by atoms with Gasteiger partial charge in [-0.25, -0.2) is 0 Å². The van der Waals surface area contributed by atoms with E-state index in [1.165, 1.54) is 72.7 Å². The molecule has 0 spiro atoms. The molecule has 27 nitrogen and oxygen atoms in total. The number of carbonyl (C=O) groups is 14. The number of aromatic hydroxyl groups is 1. The molecule has 0 fully saturated rings. The number of ketones is 4. The number of carboxylic acids is 1. The Morgan fingerprint density at radius 1 is 0.650 bits per heavy atom. The number of nitrogens with one attached hydrogen (secondary N) is 10. The zero-order chi connectivity index (χ0) is 74.8. The number of allylic oxidation sites excluding steroid dienone is 2. The highest BCUT2D eigenvalue weighted by molar-refractivity contribution is 6.41. The molecule has 550 valence electrons. The molecule has 1 aromatic heterocycles. The fraction of sp³-hybridized carbons (Fsp3) is 0.589. The van der Waals surface area contributed by atoms with E-state index in [9.17, 15) is 77.3 Å². The van der Waals surface area contributed by atoms with Gasteiger partial charge >= 0.3 is 5.97 Å². The first kappa shape index (κ1) is 83.3. The summed E-state index contributed by atoms with van der Waals surface area (Å²) in [6.07, 6.45) is 8.81. The molecule has 27 heteroatoms. The number of amides is 9. The van der Waals surface area contributed by atoms with E-state index >= 15 is 0 Å². The maximum Gasteiger partial charge on any atom is 0.303 e. The number of H-pyrrole nitrogens is 1. The zero-order valence-corrected chi connectivity index (χ0v) is 60.0. The lowest BCUT2D eigenvalue weighted by Crippen LogP contribution is -2.61. The van der Waals surface area contributed by atoms with Crippen LogP contribution in [0.4, 0.5) is 0 Å². The Kier molecular flexibility index (Phi) is 32.5. The summed E-state index contributed by atoms with van der Waals surface area (Å²) in [7, 11) is 0. The molecule has 100 heavy (non-hydrogen) atoms. The molecule has 2 heterocycles. The number of fused-ring (bicyclic) bond motifs is 1. The van der Waals surface area contributed by atoms with Crippen molar-refractivity contribution < 1.29 is 77.3 Å². The van der Waals surface area contributed by atoms with Crippen LogP contribution in [0.2, 0.25) is 0 Å². The molecule has 2 aromatic carbocycles. The number of hydrogen-bond donors (Lipinski definition) is 13. The lowest BCUT2D eigenvalue weighted by atomic mass is 9.79. The monoisotopic (exact) mass is 1390 g/mol. The smallest absolute Gasteiger partial charge is 0.303 e. The predicted molar refractivity (Wildman–Crippen MR) is 375 cm³/mol. The van der Waals surface area contributed by atoms with E-state index in [0.717, 1.165) is 23.7 Å². The van der Waals surface area contributed by atoms with Crippen molar-refractivity contribution in [3.05, 3.63) is 78.0 Å². The third-order valence-corrected chi connectivity index (χ3v) is 18.2. The normalized spacial score (nSPS) is 22.6. The number of nitrogens with two attached hydrogens (primary N) is 1. The molecular weight excluding hydrogens is 1290 g/mol. The van der Waals surface area contributed by atoms with E-state index in [0.29, 0.717) is 43.2 Å². The number of phenolic OH excluding ortho intramolecular Hbond substituents is 1. The van der Waals surface area contributed by atoms with Crippen LogP contribution in [0.1, 0.15) is 191 Å². The Hall–Kier alpha value is -9.14. The van der Waals surface area contributed by atoms with Gasteiger partial charge in [-0.3, -0.25) is 67.1 Å². The molecule has 1 aliphatic heterocycles. The first-order valence-electron chi connectivity index (χ1n) is 34.7. The van der Waals surface area contributed by atoms with Gasteiger partial charge in [0.1, 0.15) is 47.3 Å². The van der Waals surface area contributed by atoms with Crippen LogP contribution < -0.4 is 53.6 Å². The van der Waals surface area contributed by atoms with Crippen molar-refractivity contribution in [2.24, 2.45) is 28.4 Å². The number of aliphatic carboxylic acids is 1. The van der Waals surface area contributed by atoms with Gasteiger partial charge in [0, 0.05) is 61.7 Å². The fourth-order valence-electron chi connectivity index (χ4n) is 11.7. The Balaban J connectivity index is 1.65. The average Bonchev–Trinajstić information content (AvgIpc) is 1.41. The van der Waals surface area contributed by atoms with Gasteiger partial charge in [-0.1, -0.05) is 82.5 Å². The summed E-state index contributed by atoms with van der Waals surface area (Å²) in [6, 6.07) is 2.74. The highest BCUT2D eigenvalue weighted by Crippen LogP contribution is 2.31. The van der Waals surface area contributed by atoms with E-state index in [1.54, 1.807) is 27.0 Å². The minimum atomic E-state index is -1.67. The number of carbonyl (C=O) groups excluding carboxylic acids is 13. The topological polar surface area (TPSA) is 430 Å². The Labute approximate surface area is 585 Å². The molecule has 0 bridgehead atoms. The number of rotatable bonds is 26. The molecule has 3 unspecified atom stereocenters. The third-order valence-electron chi connectivity index (χ3n) is 18.2. The SMILES string of the molecule is CC(=O)C[C@]1(C)CCCCCC/C=C/CCC[C@@](C)(C(=O)NC(C)C(=O)N[C@@H](C)C(=O)NC(C)C(=O)N[C@@H](C)C(=O)C(=O)[C@H](C)NCC(C)(C)C(N)=O)NC(=O)[C@H](CC(C)C)CCC(=O)[C@H](Cc2c[nH]c3ccccc23)NC(=O)C(Cc2ccc(O)cc2)NC(=O)[C@H](CCC(=O)O)NC1=O. The second-order valence-electron chi connectivity index (χ2n) is 28.4. The molecule has 14 N–H and O–H groups in total. The summed E-state index contributed by atoms with van der Waals surface area (Å²) < 4.78 is 0. The van der Waals surface area contributed by atoms with E-state index < -0.39 is 154 Å². The van der Waals surface area contributed by atoms with Gasteiger partial charge in [-0.2, -0.15) is 0 Å². The van der Waals surface area contributed by atoms with Gasteiger partial charge in [-0.05, 0) is 155 Å². The van der Waals surface area contributed by atoms with E-state index in [1.807, 2.05) is 50.3 Å². The number of carboxylic acid groups (broad SMARTS) is 1. The van der Waals surface area contributed by atoms with Gasteiger partial charge in [0.05, 0.1) is 29.0 Å². The summed E-state index contributed by atoms with van der Waals surface area (Å²) >= 11 is 0. The molecule has 0 radical (unpaired) electrons. The lowest BCUT2D eigenvalue weighted by Gasteiger charge is -2.33. The lowest BCUT2D eigenvalue weighted by molar-refractivity contribution is -0.140. The second kappa shape index (κ2) is 39.0. The summed E-state index contributed by atoms with van der Waals surface area (Å²) in [5.41, 5.74) is 3.28. The van der Waals surface area contributed by atoms with Crippen molar-refractivity contribution >= 4 is 93.2 Å². The summed E-state index contributed by atoms with van der Waals surface area (Å²) in [5.74, 6) is -11.7. The summed E-state index contributed by atoms with van der Waals surface area (Å²) in [6.45, 7) is 18.2. The Morgan fingerprint density at radius 3 is 1.81 bits per heavy atom. The van der Waals surface area contributed by atoms with Crippen LogP contribution in [0, 0.1) is 22.7 Å². The number of primary amides is 1. The Bertz CT molecular complexity index is 3440. The average molecular weight is 1390 g/mol. The maximum atomic E-state index is 15.0. The van der Waals surface area contributed by atoms with Crippen LogP contribution in [0.25, 0.3) is 10.9 Å². The molecular formula is C73H107N11O16. The minimum Gasteiger partial charge on any atom is -0.508 e. The largest absolute Gasteiger partial charge is 0.508 e. The molecule has 0 aliphatic carbocycles. The second-order valence-corrected chi connectivity index (χ2v) is 28.4. The van der Waals surface area contributed by atoms with Crippen molar-refractivity contribution in [3.63, 3.8) is 0 Å². The minimum absolute atomic E-state index is 0.000358. The zero-order valence-electron chi connectivity index (χ0n) is 60.0. The number of hydrogen-bond acceptors (Lipinski definition) is 16. The van der Waals surface area contributed by atoms with Crippen LogP contribution >= 0.6 is 0 Å². The molecule has 9 amide bonds. The molecule has 1 aliphatic rings. The maximum absolute atomic E-state index is 15.0. The number of phenols is 1. The molecule has 0 saturated heterocycles. The van der Waals surface area contributed by atoms with Crippen molar-refractivity contribution in [3.8, 4) is 5.75 Å². The molecule has 4 rings (SSSR count). The quantitative estimate of drug-likeness (QED) is 0.0386. The van der Waals surface area contributed by atoms with Crippen LogP contribution in [0.15, 0.2) is 66.9 Å². The number of para-hydroxylation sites is 1. The number of Topliss-reactive ketones (excluding diaryl/α,β-unsaturated/α-hetero) is 4. The molecule has 3 aromatic rings. The number of aromatic nitrogens is 1. The van der Waals surface area contributed by atoms with Crippen LogP contribution in [-0.4, -0.2) is 158 Å². The van der Waals surface area contributed by atoms with Crippen LogP contribution in [0.5, 0.6) is 5.75 Å². The van der Waals surface area contributed by atoms with Crippen LogP contribution in [0.3, 0.4) is 0 Å². The highest BCUT2D eigenvalue weighted by Gasteiger charge is 2.41. The van der Waals surface area contributed by atoms with Crippen molar-refractivity contribution in [2.75, 3.05) is 6.54 Å². The molecule has 11 atom stereocenters. The number of aromatic amines is 1. The van der Waals surface area contributed by atoms with E-state index in [-0.39, 0.29) is 81.8 Å². The molecule has 0 saturated carbocycles. The predicted octanol–water partition coefficient (Wildman–Crippen LogP) is 4.58. The van der Waals surface area contributed by atoms with Gasteiger partial charge in [0.25, 0.3) is 0 Å². The fourth-order valence-corrected chi connectivity index (χ4v) is 11.7. The van der Waals surface area contributed by atoms with Gasteiger partial charge in [0.2, 0.25) is 64.7 Å². The third kappa shape index (κ3) is 26.5. The highest BCUT2D eigenvalue weighted by atomic mass is 16.4. The van der Waals surface area contributed by atoms with Crippen molar-refractivity contribution in [2.45, 2.75) is 246 Å². The van der Waals surface area contributed by atoms with Gasteiger partial charge in [0.15, 0.2) is 5.78 Å². The van der Waals surface area contributed by atoms with Crippen molar-refractivity contribution in [1.29, 1.82) is 0 Å². The number of benzene rings is 2. The first-order valence-corrected chi connectivity index (χ1v) is 34.7. The first-order chi connectivity index (χ1) is 46.9. The van der Waals surface area contributed by atoms with E-state index in [2.05, 4.69) is 52.8 Å². The standard InChI is InChI=1S/C73H107N11O16/c1-42(2)36-50-28-32-58(87)56(38-51-40-75-54-25-21-20-24-53(51)54)81-67(97)57(37-49-26-29-52(86)30-27-49)82-66(96)55(31-33-59(88)89)83-69(99)72(11,39-43(3)85)34-22-18-16-14-13-15-17-19-23-35-73(12,84-65(50)95)70(100)80-48(8)64(94)79-47(7)63(93)78-46(6)62(92)77-45(5)61(91)60(90)44(4)76-41-71(9,10)68(74)98/h15,17,20-21,24-27,29-30,40,42,44-48,50,55-57,75-76,86H,13-14,16,18-19,22-23,28,31-39,41H2,1-12H3,(H2,74,98)(H,77,92)(H,78,93)(H,79,94)(H,80,100)(H,81,97)(H,82,96)(H,83,99)(H,84,95)(H,88,89)/b17-15+/t44-,45-,46?,47-,48?,50-,55-,56-,57?,72-,73-/m0/s1. The summed E-state index contributed by atoms with van der Waals surface area (Å²) in [4.78, 5) is 194. The van der Waals surface area contributed by atoms with Gasteiger partial charge in [-0.15, -0.1) is 0 Å². The summed E-state index contributed by atoms with van der Waals surface area (Å²) in [5, 5.41) is 45.0. The van der Waals surface area contributed by atoms with Crippen LogP contribution in [-0.2, 0) is 80.0 Å². The van der Waals surface area contributed by atoms with Gasteiger partial charge < -0.3 is 68.8 Å². The Morgan fingerprint density at radius 2 is 1.21 bits per heavy atom. The van der Waals surface area contributed by atoms with Crippen molar-refractivity contribution in [1.82, 2.24) is 52.8 Å². The van der Waals surface area contributed by atoms with E-state index in [4.69, 9.17) is 5.73 Å².